The van der Waals surface area contributed by atoms with Crippen LogP contribution in [0.2, 0.25) is 0 Å². The molecule has 1 amide bonds. The molecule has 0 fully saturated rings. The van der Waals surface area contributed by atoms with Crippen LogP contribution in [0.15, 0.2) is 22.9 Å². The van der Waals surface area contributed by atoms with Crippen LogP contribution in [-0.4, -0.2) is 27.1 Å². The molecule has 2 heterocycles. The van der Waals surface area contributed by atoms with Crippen molar-refractivity contribution in [1.29, 1.82) is 0 Å². The second kappa shape index (κ2) is 6.17. The molecule has 0 aromatic carbocycles. The summed E-state index contributed by atoms with van der Waals surface area (Å²) in [5.74, 6) is -0.710. The zero-order valence-corrected chi connectivity index (χ0v) is 11.7. The van der Waals surface area contributed by atoms with E-state index in [1.54, 1.807) is 6.92 Å². The summed E-state index contributed by atoms with van der Waals surface area (Å²) in [7, 11) is 0. The first-order valence-corrected chi connectivity index (χ1v) is 6.39. The van der Waals surface area contributed by atoms with Crippen molar-refractivity contribution in [1.82, 2.24) is 10.1 Å². The Labute approximate surface area is 121 Å². The molecular weight excluding hydrogens is 274 g/mol. The van der Waals surface area contributed by atoms with Crippen molar-refractivity contribution in [3.63, 3.8) is 0 Å². The second-order valence-corrected chi connectivity index (χ2v) is 4.56. The van der Waals surface area contributed by atoms with Crippen LogP contribution < -0.4 is 5.32 Å². The van der Waals surface area contributed by atoms with Crippen LogP contribution in [0.5, 0.6) is 0 Å². The normalized spacial score (nSPS) is 10.4. The third-order valence-corrected chi connectivity index (χ3v) is 3.08. The van der Waals surface area contributed by atoms with Gasteiger partial charge in [0.2, 0.25) is 5.91 Å². The van der Waals surface area contributed by atoms with E-state index in [0.717, 1.165) is 11.3 Å². The Balaban J connectivity index is 2.01. The number of aryl methyl sites for hydroxylation is 2. The van der Waals surface area contributed by atoms with Crippen molar-refractivity contribution in [3.05, 3.63) is 40.9 Å². The molecule has 2 N–H and O–H groups in total. The number of aromatic carboxylic acids is 1. The van der Waals surface area contributed by atoms with Gasteiger partial charge in [0, 0.05) is 18.2 Å². The fourth-order valence-electron chi connectivity index (χ4n) is 1.97. The third-order valence-electron chi connectivity index (χ3n) is 3.08. The van der Waals surface area contributed by atoms with E-state index in [2.05, 4.69) is 15.5 Å². The number of nitrogens with zero attached hydrogens (tertiary/aromatic N) is 2. The number of carboxylic acids is 1. The molecule has 0 spiro atoms. The molecule has 0 unspecified atom stereocenters. The maximum atomic E-state index is 11.9. The van der Waals surface area contributed by atoms with Gasteiger partial charge in [-0.1, -0.05) is 5.16 Å². The van der Waals surface area contributed by atoms with Gasteiger partial charge >= 0.3 is 5.97 Å². The Kier molecular flexibility index (Phi) is 4.32. The monoisotopic (exact) mass is 289 g/mol. The number of aromatic nitrogens is 2. The molecule has 0 bridgehead atoms. The first-order chi connectivity index (χ1) is 9.99. The number of nitrogens with one attached hydrogen (secondary N) is 1. The van der Waals surface area contributed by atoms with E-state index in [1.807, 2.05) is 6.92 Å². The van der Waals surface area contributed by atoms with E-state index < -0.39 is 5.97 Å². The first kappa shape index (κ1) is 14.7. The summed E-state index contributed by atoms with van der Waals surface area (Å²) in [6.07, 6.45) is 2.09. The Morgan fingerprint density at radius 3 is 2.76 bits per heavy atom. The van der Waals surface area contributed by atoms with Gasteiger partial charge in [-0.05, 0) is 32.4 Å². The van der Waals surface area contributed by atoms with Crippen LogP contribution in [0.4, 0.5) is 5.82 Å². The summed E-state index contributed by atoms with van der Waals surface area (Å²) >= 11 is 0. The fraction of sp³-hybridized carbons (Fsp3) is 0.286. The quantitative estimate of drug-likeness (QED) is 0.871. The van der Waals surface area contributed by atoms with Crippen LogP contribution in [0.25, 0.3) is 0 Å². The molecule has 7 nitrogen and oxygen atoms in total. The zero-order valence-electron chi connectivity index (χ0n) is 11.7. The van der Waals surface area contributed by atoms with Crippen LogP contribution in [0.1, 0.15) is 33.8 Å². The fourth-order valence-corrected chi connectivity index (χ4v) is 1.97. The van der Waals surface area contributed by atoms with Crippen LogP contribution in [0, 0.1) is 13.8 Å². The van der Waals surface area contributed by atoms with E-state index >= 15 is 0 Å². The smallest absolute Gasteiger partial charge is 0.339 e. The molecule has 0 radical (unpaired) electrons. The third kappa shape index (κ3) is 3.44. The first-order valence-electron chi connectivity index (χ1n) is 6.39. The Morgan fingerprint density at radius 2 is 2.14 bits per heavy atom. The predicted octanol–water partition coefficient (Wildman–Crippen LogP) is 1.96. The van der Waals surface area contributed by atoms with Crippen molar-refractivity contribution in [3.8, 4) is 0 Å². The van der Waals surface area contributed by atoms with Gasteiger partial charge in [-0.25, -0.2) is 9.78 Å². The summed E-state index contributed by atoms with van der Waals surface area (Å²) in [6, 6.07) is 2.89. The van der Waals surface area contributed by atoms with Gasteiger partial charge in [0.1, 0.15) is 17.1 Å². The van der Waals surface area contributed by atoms with Crippen molar-refractivity contribution in [2.75, 3.05) is 5.32 Å². The molecule has 0 saturated heterocycles. The van der Waals surface area contributed by atoms with Crippen LogP contribution in [-0.2, 0) is 11.2 Å². The summed E-state index contributed by atoms with van der Waals surface area (Å²) < 4.78 is 5.02. The van der Waals surface area contributed by atoms with E-state index in [9.17, 15) is 9.59 Å². The van der Waals surface area contributed by atoms with Gasteiger partial charge in [-0.2, -0.15) is 0 Å². The number of carbonyl (C=O) groups is 2. The number of pyridine rings is 1. The number of carboxylic acid groups (broad SMARTS) is 1. The Hall–Kier alpha value is -2.70. The second-order valence-electron chi connectivity index (χ2n) is 4.56. The largest absolute Gasteiger partial charge is 0.478 e. The molecule has 0 aliphatic carbocycles. The Morgan fingerprint density at radius 1 is 1.38 bits per heavy atom. The molecule has 2 rings (SSSR count). The lowest BCUT2D eigenvalue weighted by Gasteiger charge is -2.06. The van der Waals surface area contributed by atoms with E-state index in [4.69, 9.17) is 9.63 Å². The average molecular weight is 289 g/mol. The van der Waals surface area contributed by atoms with E-state index in [-0.39, 0.29) is 23.7 Å². The lowest BCUT2D eigenvalue weighted by Crippen LogP contribution is -2.16. The minimum Gasteiger partial charge on any atom is -0.478 e. The maximum absolute atomic E-state index is 11.9. The van der Waals surface area contributed by atoms with E-state index in [0.29, 0.717) is 12.2 Å². The number of anilines is 1. The standard InChI is InChI=1S/C14H15N3O4/c1-8-10(9(2)21-17-8)5-6-12(18)16-13-11(14(19)20)4-3-7-15-13/h3-4,7H,5-6H2,1-2H3,(H,19,20)(H,15,16,18). The SMILES string of the molecule is Cc1noc(C)c1CCC(=O)Nc1ncccc1C(=O)O. The average Bonchev–Trinajstić information content (AvgIpc) is 2.76. The van der Waals surface area contributed by atoms with E-state index in [1.165, 1.54) is 18.3 Å². The Bertz CT molecular complexity index is 659. The number of carbonyl (C=O) groups excluding carboxylic acids is 1. The molecule has 0 aliphatic heterocycles. The lowest BCUT2D eigenvalue weighted by atomic mass is 10.1. The number of hydrogen-bond acceptors (Lipinski definition) is 5. The van der Waals surface area contributed by atoms with Crippen molar-refractivity contribution >= 4 is 17.7 Å². The molecule has 0 aliphatic rings. The molecule has 0 atom stereocenters. The minimum absolute atomic E-state index is 0.0387. The van der Waals surface area contributed by atoms with Crippen LogP contribution >= 0.6 is 0 Å². The van der Waals surface area contributed by atoms with Crippen molar-refractivity contribution < 1.29 is 19.2 Å². The van der Waals surface area contributed by atoms with Gasteiger partial charge in [0.25, 0.3) is 0 Å². The number of hydrogen-bond donors (Lipinski definition) is 2. The topological polar surface area (TPSA) is 105 Å². The summed E-state index contributed by atoms with van der Waals surface area (Å²) in [6.45, 7) is 3.60. The molecule has 2 aromatic rings. The van der Waals surface area contributed by atoms with Crippen LogP contribution in [0.3, 0.4) is 0 Å². The lowest BCUT2D eigenvalue weighted by molar-refractivity contribution is -0.116. The summed E-state index contributed by atoms with van der Waals surface area (Å²) in [5.41, 5.74) is 1.61. The van der Waals surface area contributed by atoms with Crippen molar-refractivity contribution in [2.45, 2.75) is 26.7 Å². The molecule has 21 heavy (non-hydrogen) atoms. The molecular formula is C14H15N3O4. The van der Waals surface area contributed by atoms with Crippen molar-refractivity contribution in [2.24, 2.45) is 0 Å². The highest BCUT2D eigenvalue weighted by Gasteiger charge is 2.15. The maximum Gasteiger partial charge on any atom is 0.339 e. The molecule has 110 valence electrons. The molecule has 0 saturated carbocycles. The highest BCUT2D eigenvalue weighted by molar-refractivity contribution is 5.99. The number of amides is 1. The van der Waals surface area contributed by atoms with Gasteiger partial charge in [-0.15, -0.1) is 0 Å². The highest BCUT2D eigenvalue weighted by atomic mass is 16.5. The van der Waals surface area contributed by atoms with Gasteiger partial charge < -0.3 is 14.9 Å². The summed E-state index contributed by atoms with van der Waals surface area (Å²) in [5, 5.41) is 15.3. The minimum atomic E-state index is -1.14. The van der Waals surface area contributed by atoms with Gasteiger partial charge in [0.15, 0.2) is 0 Å². The van der Waals surface area contributed by atoms with Gasteiger partial charge in [-0.3, -0.25) is 4.79 Å². The summed E-state index contributed by atoms with van der Waals surface area (Å²) in [4.78, 5) is 26.8. The predicted molar refractivity (Wildman–Crippen MR) is 74.1 cm³/mol. The number of rotatable bonds is 5. The molecule has 2 aromatic heterocycles. The molecule has 7 heteroatoms. The zero-order chi connectivity index (χ0) is 15.4. The van der Waals surface area contributed by atoms with Gasteiger partial charge in [0.05, 0.1) is 5.69 Å². The highest BCUT2D eigenvalue weighted by Crippen LogP contribution is 2.16.